The first kappa shape index (κ1) is 20.9. The maximum Gasteiger partial charge on any atom is 0.0128 e. The van der Waals surface area contributed by atoms with E-state index in [1.807, 2.05) is 0 Å². The summed E-state index contributed by atoms with van der Waals surface area (Å²) in [7, 11) is 4.32. The fraction of sp³-hybridized carbons (Fsp3) is 1.00. The lowest BCUT2D eigenvalue weighted by atomic mass is 9.84. The molecule has 0 heterocycles. The molecule has 0 radical (unpaired) electrons. The molecular weight excluding hydrogens is 258 g/mol. The molecule has 1 atom stereocenters. The second kappa shape index (κ2) is 10.6. The van der Waals surface area contributed by atoms with E-state index >= 15 is 0 Å². The Morgan fingerprint density at radius 2 is 1.62 bits per heavy atom. The van der Waals surface area contributed by atoms with Crippen LogP contribution in [-0.2, 0) is 0 Å². The summed E-state index contributed by atoms with van der Waals surface area (Å²) in [5.41, 5.74) is 0.334. The predicted molar refractivity (Wildman–Crippen MR) is 96.0 cm³/mol. The van der Waals surface area contributed by atoms with E-state index in [0.29, 0.717) is 11.5 Å². The van der Waals surface area contributed by atoms with Crippen LogP contribution in [-0.4, -0.2) is 62.7 Å². The first-order valence-corrected chi connectivity index (χ1v) is 8.77. The third-order valence-corrected chi connectivity index (χ3v) is 3.91. The van der Waals surface area contributed by atoms with Crippen molar-refractivity contribution in [3.63, 3.8) is 0 Å². The molecular formula is C18H41N3. The first-order valence-electron chi connectivity index (χ1n) is 8.77. The van der Waals surface area contributed by atoms with Crippen LogP contribution in [0, 0.1) is 11.3 Å². The molecule has 0 aromatic carbocycles. The maximum absolute atomic E-state index is 3.75. The lowest BCUT2D eigenvalue weighted by Crippen LogP contribution is -2.44. The van der Waals surface area contributed by atoms with E-state index in [1.54, 1.807) is 0 Å². The summed E-state index contributed by atoms with van der Waals surface area (Å²) in [4.78, 5) is 4.92. The summed E-state index contributed by atoms with van der Waals surface area (Å²) in [5, 5.41) is 3.75. The quantitative estimate of drug-likeness (QED) is 0.631. The van der Waals surface area contributed by atoms with E-state index in [-0.39, 0.29) is 0 Å². The number of nitrogens with one attached hydrogen (secondary N) is 1. The summed E-state index contributed by atoms with van der Waals surface area (Å²) in [6.45, 7) is 19.8. The second-order valence-corrected chi connectivity index (χ2v) is 8.16. The predicted octanol–water partition coefficient (Wildman–Crippen LogP) is 3.31. The Kier molecular flexibility index (Phi) is 10.5. The van der Waals surface area contributed by atoms with Gasteiger partial charge in [-0.05, 0) is 51.4 Å². The molecule has 0 aliphatic heterocycles. The summed E-state index contributed by atoms with van der Waals surface area (Å²) >= 11 is 0. The fourth-order valence-electron chi connectivity index (χ4n) is 2.62. The smallest absolute Gasteiger partial charge is 0.0128 e. The van der Waals surface area contributed by atoms with Gasteiger partial charge in [0.05, 0.1) is 0 Å². The average molecular weight is 300 g/mol. The summed E-state index contributed by atoms with van der Waals surface area (Å²) in [6, 6.07) is 0.603. The number of hydrogen-bond donors (Lipinski definition) is 1. The molecule has 128 valence electrons. The van der Waals surface area contributed by atoms with Gasteiger partial charge in [0.15, 0.2) is 0 Å². The molecule has 0 aromatic rings. The lowest BCUT2D eigenvalue weighted by molar-refractivity contribution is 0.181. The molecule has 0 rings (SSSR count). The Balaban J connectivity index is 4.44. The molecule has 0 aliphatic carbocycles. The van der Waals surface area contributed by atoms with E-state index in [2.05, 4.69) is 70.8 Å². The van der Waals surface area contributed by atoms with Gasteiger partial charge < -0.3 is 15.1 Å². The number of hydrogen-bond acceptors (Lipinski definition) is 3. The van der Waals surface area contributed by atoms with Crippen molar-refractivity contribution in [2.75, 3.05) is 46.8 Å². The van der Waals surface area contributed by atoms with Gasteiger partial charge in [-0.1, -0.05) is 41.5 Å². The van der Waals surface area contributed by atoms with Crippen LogP contribution in [0.4, 0.5) is 0 Å². The van der Waals surface area contributed by atoms with Crippen molar-refractivity contribution in [3.8, 4) is 0 Å². The molecule has 0 fully saturated rings. The van der Waals surface area contributed by atoms with Crippen molar-refractivity contribution in [1.82, 2.24) is 15.1 Å². The molecule has 3 heteroatoms. The van der Waals surface area contributed by atoms with Gasteiger partial charge in [-0.2, -0.15) is 0 Å². The zero-order valence-corrected chi connectivity index (χ0v) is 16.0. The molecule has 0 aliphatic rings. The highest BCUT2D eigenvalue weighted by molar-refractivity contribution is 4.81. The molecule has 0 spiro atoms. The Bertz CT molecular complexity index is 243. The van der Waals surface area contributed by atoms with Gasteiger partial charge in [0.2, 0.25) is 0 Å². The van der Waals surface area contributed by atoms with Gasteiger partial charge >= 0.3 is 0 Å². The van der Waals surface area contributed by atoms with Gasteiger partial charge in [-0.15, -0.1) is 0 Å². The molecule has 0 saturated carbocycles. The Labute approximate surface area is 134 Å². The SMILES string of the molecule is CCCNC(CCN(CCN(C)C)CC(C)C)C(C)(C)C. The maximum atomic E-state index is 3.75. The normalized spacial score (nSPS) is 14.4. The van der Waals surface area contributed by atoms with E-state index in [0.717, 1.165) is 19.0 Å². The minimum atomic E-state index is 0.334. The van der Waals surface area contributed by atoms with Crippen molar-refractivity contribution in [3.05, 3.63) is 0 Å². The number of nitrogens with zero attached hydrogens (tertiary/aromatic N) is 2. The standard InChI is InChI=1S/C18H41N3/c1-9-11-19-17(18(4,5)6)10-12-21(15-16(2)3)14-13-20(7)8/h16-17,19H,9-15H2,1-8H3. The van der Waals surface area contributed by atoms with E-state index in [1.165, 1.54) is 32.5 Å². The monoisotopic (exact) mass is 299 g/mol. The highest BCUT2D eigenvalue weighted by Gasteiger charge is 2.24. The zero-order valence-electron chi connectivity index (χ0n) is 16.0. The van der Waals surface area contributed by atoms with Gasteiger partial charge in [0.1, 0.15) is 0 Å². The van der Waals surface area contributed by atoms with Gasteiger partial charge in [0, 0.05) is 25.7 Å². The van der Waals surface area contributed by atoms with Crippen LogP contribution in [0.2, 0.25) is 0 Å². The number of rotatable bonds is 11. The molecule has 1 unspecified atom stereocenters. The molecule has 1 N–H and O–H groups in total. The van der Waals surface area contributed by atoms with Crippen LogP contribution in [0.3, 0.4) is 0 Å². The average Bonchev–Trinajstić information content (AvgIpc) is 2.33. The van der Waals surface area contributed by atoms with Crippen molar-refractivity contribution in [2.24, 2.45) is 11.3 Å². The Morgan fingerprint density at radius 1 is 1.00 bits per heavy atom. The molecule has 0 bridgehead atoms. The van der Waals surface area contributed by atoms with Gasteiger partial charge in [-0.3, -0.25) is 0 Å². The Hall–Kier alpha value is -0.120. The van der Waals surface area contributed by atoms with Crippen LogP contribution >= 0.6 is 0 Å². The largest absolute Gasteiger partial charge is 0.313 e. The van der Waals surface area contributed by atoms with E-state index in [9.17, 15) is 0 Å². The summed E-state index contributed by atoms with van der Waals surface area (Å²) < 4.78 is 0. The molecule has 0 aromatic heterocycles. The van der Waals surface area contributed by atoms with Crippen molar-refractivity contribution >= 4 is 0 Å². The third kappa shape index (κ3) is 11.1. The molecule has 0 amide bonds. The number of likely N-dealkylation sites (N-methyl/N-ethyl adjacent to an activating group) is 1. The van der Waals surface area contributed by atoms with Crippen LogP contribution < -0.4 is 5.32 Å². The highest BCUT2D eigenvalue weighted by atomic mass is 15.2. The first-order chi connectivity index (χ1) is 9.66. The van der Waals surface area contributed by atoms with Gasteiger partial charge in [-0.25, -0.2) is 0 Å². The van der Waals surface area contributed by atoms with Crippen molar-refractivity contribution in [2.45, 2.75) is 60.4 Å². The van der Waals surface area contributed by atoms with Crippen LogP contribution in [0.25, 0.3) is 0 Å². The van der Waals surface area contributed by atoms with E-state index in [4.69, 9.17) is 0 Å². The summed E-state index contributed by atoms with van der Waals surface area (Å²) in [5.74, 6) is 0.740. The Morgan fingerprint density at radius 3 is 2.05 bits per heavy atom. The summed E-state index contributed by atoms with van der Waals surface area (Å²) in [6.07, 6.45) is 2.45. The third-order valence-electron chi connectivity index (χ3n) is 3.91. The fourth-order valence-corrected chi connectivity index (χ4v) is 2.62. The van der Waals surface area contributed by atoms with Crippen LogP contribution in [0.1, 0.15) is 54.4 Å². The molecule has 0 saturated heterocycles. The molecule has 21 heavy (non-hydrogen) atoms. The van der Waals surface area contributed by atoms with E-state index < -0.39 is 0 Å². The van der Waals surface area contributed by atoms with Gasteiger partial charge in [0.25, 0.3) is 0 Å². The second-order valence-electron chi connectivity index (χ2n) is 8.16. The minimum absolute atomic E-state index is 0.334. The molecule has 3 nitrogen and oxygen atoms in total. The van der Waals surface area contributed by atoms with Crippen LogP contribution in [0.5, 0.6) is 0 Å². The topological polar surface area (TPSA) is 18.5 Å². The van der Waals surface area contributed by atoms with Crippen molar-refractivity contribution < 1.29 is 0 Å². The van der Waals surface area contributed by atoms with Crippen molar-refractivity contribution in [1.29, 1.82) is 0 Å². The van der Waals surface area contributed by atoms with Crippen LogP contribution in [0.15, 0.2) is 0 Å². The highest BCUT2D eigenvalue weighted by Crippen LogP contribution is 2.22. The lowest BCUT2D eigenvalue weighted by Gasteiger charge is -2.34. The zero-order chi connectivity index (χ0) is 16.5. The minimum Gasteiger partial charge on any atom is -0.313 e.